The maximum Gasteiger partial charge on any atom is 0.159 e. The molecule has 0 aliphatic rings. The van der Waals surface area contributed by atoms with Gasteiger partial charge in [-0.15, -0.1) is 0 Å². The molecular weight excluding hydrogens is 236 g/mol. The monoisotopic (exact) mass is 252 g/mol. The minimum atomic E-state index is 0. The standard InChI is InChI=1S/C16H12O2.CH4/c1-10(17)11-6-7-13-8-12-4-2-3-5-14(12)16(18)15(13)9-11;/h2-9,18H,1H3;1H4. The van der Waals surface area contributed by atoms with Crippen molar-refractivity contribution in [2.75, 3.05) is 0 Å². The molecule has 0 bridgehead atoms. The van der Waals surface area contributed by atoms with Crippen LogP contribution in [0.15, 0.2) is 48.5 Å². The van der Waals surface area contributed by atoms with Gasteiger partial charge < -0.3 is 5.11 Å². The zero-order chi connectivity index (χ0) is 12.7. The maximum atomic E-state index is 11.4. The fourth-order valence-corrected chi connectivity index (χ4v) is 2.26. The normalized spacial score (nSPS) is 10.4. The zero-order valence-corrected chi connectivity index (χ0v) is 9.97. The van der Waals surface area contributed by atoms with Crippen LogP contribution in [0.2, 0.25) is 0 Å². The van der Waals surface area contributed by atoms with Crippen LogP contribution < -0.4 is 0 Å². The van der Waals surface area contributed by atoms with Crippen molar-refractivity contribution in [1.29, 1.82) is 0 Å². The van der Waals surface area contributed by atoms with Crippen molar-refractivity contribution in [1.82, 2.24) is 0 Å². The van der Waals surface area contributed by atoms with Gasteiger partial charge >= 0.3 is 0 Å². The lowest BCUT2D eigenvalue weighted by Crippen LogP contribution is -1.91. The van der Waals surface area contributed by atoms with Gasteiger partial charge in [0.1, 0.15) is 5.75 Å². The first-order valence-electron chi connectivity index (χ1n) is 5.82. The summed E-state index contributed by atoms with van der Waals surface area (Å²) in [5.74, 6) is 0.246. The van der Waals surface area contributed by atoms with E-state index in [0.717, 1.165) is 21.5 Å². The van der Waals surface area contributed by atoms with Gasteiger partial charge in [0.2, 0.25) is 0 Å². The van der Waals surface area contributed by atoms with Crippen molar-refractivity contribution in [2.24, 2.45) is 0 Å². The molecule has 0 unspecified atom stereocenters. The Morgan fingerprint density at radius 2 is 1.63 bits per heavy atom. The molecule has 3 aromatic rings. The molecule has 0 spiro atoms. The molecule has 2 nitrogen and oxygen atoms in total. The van der Waals surface area contributed by atoms with E-state index in [4.69, 9.17) is 0 Å². The fourth-order valence-electron chi connectivity index (χ4n) is 2.26. The summed E-state index contributed by atoms with van der Waals surface area (Å²) in [5.41, 5.74) is 0.619. The minimum Gasteiger partial charge on any atom is -0.507 e. The Kier molecular flexibility index (Phi) is 3.26. The summed E-state index contributed by atoms with van der Waals surface area (Å²) in [5, 5.41) is 13.8. The first-order valence-corrected chi connectivity index (χ1v) is 5.82. The molecule has 2 heteroatoms. The number of carbonyl (C=O) groups is 1. The Morgan fingerprint density at radius 3 is 2.37 bits per heavy atom. The largest absolute Gasteiger partial charge is 0.507 e. The average molecular weight is 252 g/mol. The second-order valence-electron chi connectivity index (χ2n) is 4.44. The summed E-state index contributed by atoms with van der Waals surface area (Å²) in [6.45, 7) is 1.53. The lowest BCUT2D eigenvalue weighted by atomic mass is 9.99. The van der Waals surface area contributed by atoms with Crippen molar-refractivity contribution >= 4 is 27.3 Å². The third-order valence-corrected chi connectivity index (χ3v) is 3.24. The van der Waals surface area contributed by atoms with Crippen molar-refractivity contribution in [3.8, 4) is 5.75 Å². The highest BCUT2D eigenvalue weighted by atomic mass is 16.3. The molecule has 0 aromatic heterocycles. The predicted molar refractivity (Wildman–Crippen MR) is 79.9 cm³/mol. The van der Waals surface area contributed by atoms with Crippen LogP contribution in [0.4, 0.5) is 0 Å². The second kappa shape index (κ2) is 4.73. The van der Waals surface area contributed by atoms with Gasteiger partial charge in [-0.05, 0) is 29.8 Å². The highest BCUT2D eigenvalue weighted by molar-refractivity contribution is 6.07. The third kappa shape index (κ3) is 2.06. The van der Waals surface area contributed by atoms with E-state index in [1.165, 1.54) is 6.92 Å². The van der Waals surface area contributed by atoms with E-state index >= 15 is 0 Å². The molecule has 0 aliphatic heterocycles. The molecule has 3 aromatic carbocycles. The molecule has 19 heavy (non-hydrogen) atoms. The molecule has 0 radical (unpaired) electrons. The molecule has 0 saturated carbocycles. The molecule has 1 N–H and O–H groups in total. The van der Waals surface area contributed by atoms with E-state index in [1.807, 2.05) is 36.4 Å². The number of hydrogen-bond acceptors (Lipinski definition) is 2. The van der Waals surface area contributed by atoms with E-state index in [1.54, 1.807) is 12.1 Å². The van der Waals surface area contributed by atoms with E-state index in [-0.39, 0.29) is 19.0 Å². The van der Waals surface area contributed by atoms with Gasteiger partial charge in [-0.25, -0.2) is 0 Å². The van der Waals surface area contributed by atoms with Gasteiger partial charge in [-0.1, -0.05) is 43.8 Å². The number of Topliss-reactive ketones (excluding diaryl/α,β-unsaturated/α-hetero) is 1. The summed E-state index contributed by atoms with van der Waals surface area (Å²) < 4.78 is 0. The summed E-state index contributed by atoms with van der Waals surface area (Å²) in [7, 11) is 0. The highest BCUT2D eigenvalue weighted by Crippen LogP contribution is 2.34. The van der Waals surface area contributed by atoms with E-state index in [2.05, 4.69) is 0 Å². The van der Waals surface area contributed by atoms with Crippen molar-refractivity contribution < 1.29 is 9.90 Å². The first-order chi connectivity index (χ1) is 8.66. The SMILES string of the molecule is C.CC(=O)c1ccc2cc3ccccc3c(O)c2c1. The van der Waals surface area contributed by atoms with Crippen LogP contribution in [0, 0.1) is 0 Å². The summed E-state index contributed by atoms with van der Waals surface area (Å²) >= 11 is 0. The fraction of sp³-hybridized carbons (Fsp3) is 0.118. The number of rotatable bonds is 1. The molecule has 0 heterocycles. The maximum absolute atomic E-state index is 11.4. The number of fused-ring (bicyclic) bond motifs is 2. The van der Waals surface area contributed by atoms with Crippen LogP contribution in [0.1, 0.15) is 24.7 Å². The molecule has 0 amide bonds. The predicted octanol–water partition coefficient (Wildman–Crippen LogP) is 4.54. The van der Waals surface area contributed by atoms with Gasteiger partial charge in [0.15, 0.2) is 5.78 Å². The van der Waals surface area contributed by atoms with E-state index in [9.17, 15) is 9.90 Å². The molecule has 96 valence electrons. The number of aromatic hydroxyl groups is 1. The van der Waals surface area contributed by atoms with Gasteiger partial charge in [-0.3, -0.25) is 4.79 Å². The Bertz CT molecular complexity index is 773. The van der Waals surface area contributed by atoms with Crippen molar-refractivity contribution in [3.63, 3.8) is 0 Å². The summed E-state index contributed by atoms with van der Waals surface area (Å²) in [6.07, 6.45) is 0. The average Bonchev–Trinajstić information content (AvgIpc) is 2.38. The first kappa shape index (κ1) is 13.1. The van der Waals surface area contributed by atoms with Crippen molar-refractivity contribution in [2.45, 2.75) is 14.4 Å². The molecule has 3 rings (SSSR count). The minimum absolute atomic E-state index is 0. The molecule has 0 saturated heterocycles. The van der Waals surface area contributed by atoms with Crippen LogP contribution in [0.3, 0.4) is 0 Å². The zero-order valence-electron chi connectivity index (χ0n) is 9.97. The van der Waals surface area contributed by atoms with Gasteiger partial charge in [0.25, 0.3) is 0 Å². The Morgan fingerprint density at radius 1 is 0.947 bits per heavy atom. The number of hydrogen-bond donors (Lipinski definition) is 1. The van der Waals surface area contributed by atoms with Crippen LogP contribution in [-0.4, -0.2) is 10.9 Å². The van der Waals surface area contributed by atoms with Gasteiger partial charge in [0, 0.05) is 16.3 Å². The highest BCUT2D eigenvalue weighted by Gasteiger charge is 2.08. The van der Waals surface area contributed by atoms with Crippen LogP contribution in [0.25, 0.3) is 21.5 Å². The van der Waals surface area contributed by atoms with Crippen molar-refractivity contribution in [3.05, 3.63) is 54.1 Å². The van der Waals surface area contributed by atoms with E-state index in [0.29, 0.717) is 5.56 Å². The lowest BCUT2D eigenvalue weighted by molar-refractivity contribution is 0.101. The third-order valence-electron chi connectivity index (χ3n) is 3.24. The van der Waals surface area contributed by atoms with Crippen LogP contribution in [-0.2, 0) is 0 Å². The van der Waals surface area contributed by atoms with Crippen LogP contribution >= 0.6 is 0 Å². The molecule has 0 aliphatic carbocycles. The quantitative estimate of drug-likeness (QED) is 0.510. The molecular formula is C17H16O2. The van der Waals surface area contributed by atoms with Crippen LogP contribution in [0.5, 0.6) is 5.75 Å². The summed E-state index contributed by atoms with van der Waals surface area (Å²) in [6, 6.07) is 15.1. The van der Waals surface area contributed by atoms with E-state index < -0.39 is 0 Å². The number of benzene rings is 3. The second-order valence-corrected chi connectivity index (χ2v) is 4.44. The Hall–Kier alpha value is -2.35. The molecule has 0 fully saturated rings. The lowest BCUT2D eigenvalue weighted by Gasteiger charge is -2.07. The number of carbonyl (C=O) groups excluding carboxylic acids is 1. The number of phenolic OH excluding ortho intramolecular Hbond substituents is 1. The number of phenols is 1. The molecule has 0 atom stereocenters. The van der Waals surface area contributed by atoms with Gasteiger partial charge in [0.05, 0.1) is 0 Å². The Labute approximate surface area is 112 Å². The Balaban J connectivity index is 0.00000133. The van der Waals surface area contributed by atoms with Gasteiger partial charge in [-0.2, -0.15) is 0 Å². The number of ketones is 1. The summed E-state index contributed by atoms with van der Waals surface area (Å²) in [4.78, 5) is 11.4. The topological polar surface area (TPSA) is 37.3 Å². The smallest absolute Gasteiger partial charge is 0.159 e.